The van der Waals surface area contributed by atoms with E-state index in [1.165, 1.54) is 47.6 Å². The van der Waals surface area contributed by atoms with E-state index in [4.69, 9.17) is 4.74 Å². The Hall–Kier alpha value is -4.04. The predicted octanol–water partition coefficient (Wildman–Crippen LogP) is 14.4. The number of allylic oxidation sites excluding steroid dienone is 1. The summed E-state index contributed by atoms with van der Waals surface area (Å²) >= 11 is 0. The Kier molecular flexibility index (Phi) is 18.2. The van der Waals surface area contributed by atoms with E-state index in [0.29, 0.717) is 6.04 Å². The predicted molar refractivity (Wildman–Crippen MR) is 204 cm³/mol. The largest absolute Gasteiger partial charge is 0.457 e. The van der Waals surface area contributed by atoms with Gasteiger partial charge < -0.3 is 4.74 Å². The number of hydrogen-bond acceptors (Lipinski definition) is 2. The zero-order valence-corrected chi connectivity index (χ0v) is 31.9. The van der Waals surface area contributed by atoms with Crippen LogP contribution in [-0.4, -0.2) is 18.0 Å². The molecule has 4 aromatic rings. The molecule has 0 bridgehead atoms. The highest BCUT2D eigenvalue weighted by atomic mass is 19.4. The first-order valence-corrected chi connectivity index (χ1v) is 18.2. The van der Waals surface area contributed by atoms with Gasteiger partial charge in [0.2, 0.25) is 0 Å². The van der Waals surface area contributed by atoms with Gasteiger partial charge in [0.25, 0.3) is 0 Å². The minimum atomic E-state index is -4.76. The molecule has 0 amide bonds. The van der Waals surface area contributed by atoms with Crippen molar-refractivity contribution < 1.29 is 31.1 Å². The van der Waals surface area contributed by atoms with Gasteiger partial charge in [-0.15, -0.1) is 0 Å². The number of hydrogen-bond donors (Lipinski definition) is 0. The molecule has 0 saturated carbocycles. The van der Waals surface area contributed by atoms with Crippen molar-refractivity contribution in [1.29, 1.82) is 0 Å². The standard InChI is InChI=1S/C30H37NO.C10H8F6.C4H10/c1-6-20-31(24(5)26-14-10-8-11-15-26)22-30(23(3)4)29-21-28(19-18-25(29)7-2)32-27-16-12-9-13-17-27;1-2-6-3-7(9(11,12)13)5-8(4-6)10(14,15)16;1-3-4-2/h8-19,21,24H,6-7,20,22H2,1-5H3;3-5H,2H2,1H3;3-4H2,1-2H3. The van der Waals surface area contributed by atoms with Crippen LogP contribution in [0.25, 0.3) is 5.57 Å². The van der Waals surface area contributed by atoms with Gasteiger partial charge in [0.15, 0.2) is 0 Å². The molecule has 8 heteroatoms. The molecule has 0 N–H and O–H groups in total. The second-order valence-electron chi connectivity index (χ2n) is 12.9. The number of rotatable bonds is 12. The van der Waals surface area contributed by atoms with E-state index in [-0.39, 0.29) is 18.1 Å². The van der Waals surface area contributed by atoms with Crippen molar-refractivity contribution in [3.05, 3.63) is 136 Å². The van der Waals surface area contributed by atoms with Crippen LogP contribution in [-0.2, 0) is 25.2 Å². The lowest BCUT2D eigenvalue weighted by atomic mass is 9.93. The van der Waals surface area contributed by atoms with Crippen molar-refractivity contribution in [2.75, 3.05) is 13.1 Å². The van der Waals surface area contributed by atoms with Crippen LogP contribution in [0.15, 0.2) is 103 Å². The Morgan fingerprint density at radius 3 is 1.62 bits per heavy atom. The molecule has 1 unspecified atom stereocenters. The molecule has 0 radical (unpaired) electrons. The summed E-state index contributed by atoms with van der Waals surface area (Å²) in [6.45, 7) is 19.1. The van der Waals surface area contributed by atoms with E-state index in [1.54, 1.807) is 0 Å². The van der Waals surface area contributed by atoms with Crippen molar-refractivity contribution in [2.24, 2.45) is 0 Å². The number of unbranched alkanes of at least 4 members (excludes halogenated alkanes) is 1. The molecule has 0 saturated heterocycles. The molecule has 4 aromatic carbocycles. The van der Waals surface area contributed by atoms with E-state index >= 15 is 0 Å². The van der Waals surface area contributed by atoms with E-state index in [1.807, 2.05) is 30.3 Å². The van der Waals surface area contributed by atoms with Crippen LogP contribution in [0.2, 0.25) is 0 Å². The van der Waals surface area contributed by atoms with Crippen LogP contribution in [0.1, 0.15) is 114 Å². The SMILES string of the molecule is CCCC.CCCN(CC(=C(C)C)c1cc(Oc2ccccc2)ccc1CC)C(C)c1ccccc1.CCc1cc(C(F)(F)F)cc(C(F)(F)F)c1. The minimum absolute atomic E-state index is 0.0159. The Morgan fingerprint density at radius 1 is 0.635 bits per heavy atom. The van der Waals surface area contributed by atoms with Crippen molar-refractivity contribution in [2.45, 2.75) is 106 Å². The summed E-state index contributed by atoms with van der Waals surface area (Å²) in [4.78, 5) is 2.60. The molecule has 0 aliphatic rings. The molecular formula is C44H55F6NO. The molecule has 2 nitrogen and oxygen atoms in total. The number of halogens is 6. The minimum Gasteiger partial charge on any atom is -0.457 e. The summed E-state index contributed by atoms with van der Waals surface area (Å²) in [5.41, 5.74) is 4.29. The first-order chi connectivity index (χ1) is 24.6. The highest BCUT2D eigenvalue weighted by Crippen LogP contribution is 2.37. The van der Waals surface area contributed by atoms with Crippen molar-refractivity contribution in [1.82, 2.24) is 4.90 Å². The summed E-state index contributed by atoms with van der Waals surface area (Å²) in [6.07, 6.45) is -4.63. The quantitative estimate of drug-likeness (QED) is 0.135. The van der Waals surface area contributed by atoms with Gasteiger partial charge in [-0.3, -0.25) is 4.90 Å². The molecule has 0 fully saturated rings. The van der Waals surface area contributed by atoms with Crippen LogP contribution >= 0.6 is 0 Å². The molecule has 0 aliphatic carbocycles. The second kappa shape index (κ2) is 21.5. The van der Waals surface area contributed by atoms with Crippen LogP contribution in [0, 0.1) is 0 Å². The summed E-state index contributed by atoms with van der Waals surface area (Å²) in [7, 11) is 0. The Labute approximate surface area is 307 Å². The molecule has 1 atom stereocenters. The fraction of sp³-hybridized carbons (Fsp3) is 0.409. The first kappa shape index (κ1) is 44.1. The number of ether oxygens (including phenoxy) is 1. The summed E-state index contributed by atoms with van der Waals surface area (Å²) in [6, 6.07) is 29.3. The molecule has 0 heterocycles. The molecule has 4 rings (SSSR count). The van der Waals surface area contributed by atoms with Gasteiger partial charge in [0.1, 0.15) is 11.5 Å². The van der Waals surface area contributed by atoms with E-state index in [0.717, 1.165) is 49.6 Å². The van der Waals surface area contributed by atoms with E-state index in [2.05, 4.69) is 102 Å². The Balaban J connectivity index is 0.000000390. The third kappa shape index (κ3) is 14.2. The number of aryl methyl sites for hydroxylation is 2. The maximum atomic E-state index is 12.3. The molecule has 0 aromatic heterocycles. The zero-order valence-electron chi connectivity index (χ0n) is 31.9. The molecule has 0 spiro atoms. The van der Waals surface area contributed by atoms with Crippen LogP contribution < -0.4 is 4.74 Å². The van der Waals surface area contributed by atoms with Crippen molar-refractivity contribution >= 4 is 5.57 Å². The normalized spacial score (nSPS) is 11.9. The van der Waals surface area contributed by atoms with Gasteiger partial charge in [-0.1, -0.05) is 108 Å². The maximum Gasteiger partial charge on any atom is 0.416 e. The average Bonchev–Trinajstić information content (AvgIpc) is 3.13. The average molecular weight is 728 g/mol. The summed E-state index contributed by atoms with van der Waals surface area (Å²) in [5.74, 6) is 1.76. The van der Waals surface area contributed by atoms with Gasteiger partial charge in [-0.2, -0.15) is 26.3 Å². The fourth-order valence-electron chi connectivity index (χ4n) is 5.41. The zero-order chi connectivity index (χ0) is 38.9. The molecular weight excluding hydrogens is 672 g/mol. The van der Waals surface area contributed by atoms with Gasteiger partial charge in [-0.05, 0) is 117 Å². The fourth-order valence-corrected chi connectivity index (χ4v) is 5.41. The lowest BCUT2D eigenvalue weighted by Crippen LogP contribution is -2.30. The second-order valence-corrected chi connectivity index (χ2v) is 12.9. The van der Waals surface area contributed by atoms with Gasteiger partial charge in [0, 0.05) is 12.6 Å². The van der Waals surface area contributed by atoms with E-state index in [9.17, 15) is 26.3 Å². The van der Waals surface area contributed by atoms with E-state index < -0.39 is 23.5 Å². The van der Waals surface area contributed by atoms with Crippen molar-refractivity contribution in [3.8, 4) is 11.5 Å². The highest BCUT2D eigenvalue weighted by molar-refractivity contribution is 5.73. The molecule has 52 heavy (non-hydrogen) atoms. The third-order valence-corrected chi connectivity index (χ3v) is 8.63. The smallest absolute Gasteiger partial charge is 0.416 e. The maximum absolute atomic E-state index is 12.3. The van der Waals surface area contributed by atoms with Gasteiger partial charge in [0.05, 0.1) is 11.1 Å². The van der Waals surface area contributed by atoms with Crippen LogP contribution in [0.4, 0.5) is 26.3 Å². The van der Waals surface area contributed by atoms with Crippen molar-refractivity contribution in [3.63, 3.8) is 0 Å². The summed E-state index contributed by atoms with van der Waals surface area (Å²) < 4.78 is 80.0. The monoisotopic (exact) mass is 727 g/mol. The third-order valence-electron chi connectivity index (χ3n) is 8.63. The number of benzene rings is 4. The number of alkyl halides is 6. The number of nitrogens with zero attached hydrogens (tertiary/aromatic N) is 1. The summed E-state index contributed by atoms with van der Waals surface area (Å²) in [5, 5.41) is 0. The van der Waals surface area contributed by atoms with Gasteiger partial charge >= 0.3 is 12.4 Å². The molecule has 0 aliphatic heterocycles. The van der Waals surface area contributed by atoms with Crippen LogP contribution in [0.3, 0.4) is 0 Å². The molecule has 284 valence electrons. The first-order valence-electron chi connectivity index (χ1n) is 18.2. The number of para-hydroxylation sites is 1. The Bertz CT molecular complexity index is 1610. The van der Waals surface area contributed by atoms with Crippen LogP contribution in [0.5, 0.6) is 11.5 Å². The lowest BCUT2D eigenvalue weighted by Gasteiger charge is -2.31. The highest BCUT2D eigenvalue weighted by Gasteiger charge is 2.36. The lowest BCUT2D eigenvalue weighted by molar-refractivity contribution is -0.143. The Morgan fingerprint density at radius 2 is 1.17 bits per heavy atom. The topological polar surface area (TPSA) is 12.5 Å². The van der Waals surface area contributed by atoms with Gasteiger partial charge in [-0.25, -0.2) is 0 Å².